The molecular weight excluding hydrogens is 909 g/mol. The fourth-order valence-electron chi connectivity index (χ4n) is 9.35. The lowest BCUT2D eigenvalue weighted by Gasteiger charge is -2.34. The van der Waals surface area contributed by atoms with Gasteiger partial charge in [0.15, 0.2) is 11.6 Å². The highest BCUT2D eigenvalue weighted by Gasteiger charge is 2.45. The van der Waals surface area contributed by atoms with Crippen molar-refractivity contribution in [2.75, 3.05) is 39.6 Å². The summed E-state index contributed by atoms with van der Waals surface area (Å²) < 4.78 is 5.21. The summed E-state index contributed by atoms with van der Waals surface area (Å²) in [7, 11) is 4.60. The van der Waals surface area contributed by atoms with Crippen LogP contribution in [0.2, 0.25) is 0 Å². The number of ether oxygens (including phenoxy) is 1. The van der Waals surface area contributed by atoms with Crippen molar-refractivity contribution >= 4 is 58.5 Å². The summed E-state index contributed by atoms with van der Waals surface area (Å²) in [5.74, 6) is -7.05. The van der Waals surface area contributed by atoms with Gasteiger partial charge in [-0.05, 0) is 60.4 Å². The van der Waals surface area contributed by atoms with Gasteiger partial charge in [0.1, 0.15) is 23.3 Å². The van der Waals surface area contributed by atoms with Gasteiger partial charge in [-0.1, -0.05) is 83.7 Å². The predicted molar refractivity (Wildman–Crippen MR) is 265 cm³/mol. The molecule has 382 valence electrons. The number of nitrogens with one attached hydrogen (secondary N) is 4. The minimum atomic E-state index is -1.06. The number of hydrogen-bond donors (Lipinski definition) is 4. The second-order valence-electron chi connectivity index (χ2n) is 19.9. The van der Waals surface area contributed by atoms with E-state index >= 15 is 0 Å². The Morgan fingerprint density at radius 1 is 0.845 bits per heavy atom. The van der Waals surface area contributed by atoms with E-state index in [-0.39, 0.29) is 56.2 Å². The third-order valence-corrected chi connectivity index (χ3v) is 13.4. The highest BCUT2D eigenvalue weighted by molar-refractivity contribution is 6.38. The molecule has 71 heavy (non-hydrogen) atoms. The second kappa shape index (κ2) is 25.8. The lowest BCUT2D eigenvalue weighted by molar-refractivity contribution is -0.141. The monoisotopic (exact) mass is 979 g/mol. The molecule has 2 aliphatic rings. The Hall–Kier alpha value is -6.85. The number of para-hydroxylation sites is 1. The van der Waals surface area contributed by atoms with Crippen LogP contribution < -0.4 is 26.0 Å². The molecule has 0 radical (unpaired) electrons. The molecule has 1 unspecified atom stereocenters. The molecule has 4 N–H and O–H groups in total. The third-order valence-electron chi connectivity index (χ3n) is 13.4. The Morgan fingerprint density at radius 3 is 2.14 bits per heavy atom. The van der Waals surface area contributed by atoms with E-state index < -0.39 is 94.7 Å². The lowest BCUT2D eigenvalue weighted by atomic mass is 9.74. The van der Waals surface area contributed by atoms with Gasteiger partial charge in [-0.3, -0.25) is 43.3 Å². The number of Topliss-reactive ketones (excluding diaryl/α,β-unsaturated/α-hetero) is 4. The zero-order chi connectivity index (χ0) is 51.8. The van der Waals surface area contributed by atoms with Crippen LogP contribution in [0.4, 0.5) is 10.5 Å². The number of carbonyl (C=O) groups excluding carboxylic acids is 9. The maximum Gasteiger partial charge on any atom is 0.321 e. The van der Waals surface area contributed by atoms with Crippen LogP contribution in [0.25, 0.3) is 0 Å². The maximum atomic E-state index is 14.6. The standard InChI is InChI=1S/C53H70N8O10/c1-8-15-35(48(66)42(62)24-25-45(65)58-47(51(69)60(5)6)34-20-22-37(71-7)23-21-34)28-43(63)38-31-61(52(70)56-36-18-13-10-14-19-36)32-41(38)57-49(67)39(53(2,3)4)29-44(64)46(33-16-11-9-12-17-33)59-50(68)40-30-54-26-27-55-40/h10,13-14,18-23,26-27,30,33,35,38-39,41,46-47H,8-9,11-12,15-17,24-25,28-29,31-32H2,1-7H3,(H,56,70)(H,57,67)(H,58,65)(H,59,68)/t35-,38-,39-,41?,46+,47+/m1/s1. The van der Waals surface area contributed by atoms with Crippen molar-refractivity contribution in [3.63, 3.8) is 0 Å². The summed E-state index contributed by atoms with van der Waals surface area (Å²) in [5.41, 5.74) is 0.292. The van der Waals surface area contributed by atoms with Crippen molar-refractivity contribution in [2.45, 2.75) is 116 Å². The summed E-state index contributed by atoms with van der Waals surface area (Å²) in [6.45, 7) is 7.13. The fraction of sp³-hybridized carbons (Fsp3) is 0.528. The van der Waals surface area contributed by atoms with Crippen LogP contribution in [-0.4, -0.2) is 119 Å². The second-order valence-corrected chi connectivity index (χ2v) is 19.9. The first-order valence-electron chi connectivity index (χ1n) is 24.6. The van der Waals surface area contributed by atoms with Crippen LogP contribution >= 0.6 is 0 Å². The quantitative estimate of drug-likeness (QED) is 0.0840. The van der Waals surface area contributed by atoms with Gasteiger partial charge in [-0.15, -0.1) is 0 Å². The first kappa shape index (κ1) is 55.1. The average Bonchev–Trinajstić information content (AvgIpc) is 3.79. The molecule has 2 aromatic carbocycles. The van der Waals surface area contributed by atoms with E-state index in [4.69, 9.17) is 4.74 Å². The number of likely N-dealkylation sites (N-methyl/N-ethyl adjacent to an activating group) is 1. The summed E-state index contributed by atoms with van der Waals surface area (Å²) in [4.78, 5) is 135. The number of hydrogen-bond acceptors (Lipinski definition) is 12. The summed E-state index contributed by atoms with van der Waals surface area (Å²) in [6.07, 6.45) is 7.63. The zero-order valence-corrected chi connectivity index (χ0v) is 42.0. The number of carbonyl (C=O) groups is 9. The van der Waals surface area contributed by atoms with Gasteiger partial charge < -0.3 is 35.8 Å². The van der Waals surface area contributed by atoms with Crippen molar-refractivity contribution in [2.24, 2.45) is 29.1 Å². The van der Waals surface area contributed by atoms with E-state index in [0.717, 1.165) is 32.1 Å². The van der Waals surface area contributed by atoms with Gasteiger partial charge in [0.2, 0.25) is 23.5 Å². The number of nitrogens with zero attached hydrogens (tertiary/aromatic N) is 4. The molecule has 0 spiro atoms. The van der Waals surface area contributed by atoms with Gasteiger partial charge in [-0.25, -0.2) is 9.78 Å². The van der Waals surface area contributed by atoms with Crippen LogP contribution in [0.1, 0.15) is 120 Å². The number of rotatable bonds is 23. The van der Waals surface area contributed by atoms with Gasteiger partial charge in [-0.2, -0.15) is 0 Å². The van der Waals surface area contributed by atoms with Crippen LogP contribution in [0.5, 0.6) is 5.75 Å². The van der Waals surface area contributed by atoms with Gasteiger partial charge in [0, 0.05) is 82.8 Å². The van der Waals surface area contributed by atoms with E-state index in [1.54, 1.807) is 68.7 Å². The van der Waals surface area contributed by atoms with Gasteiger partial charge >= 0.3 is 6.03 Å². The molecule has 6 amide bonds. The van der Waals surface area contributed by atoms with Crippen LogP contribution in [0.3, 0.4) is 0 Å². The van der Waals surface area contributed by atoms with Crippen molar-refractivity contribution in [3.05, 3.63) is 84.4 Å². The Balaban J connectivity index is 1.32. The Kier molecular flexibility index (Phi) is 20.1. The minimum Gasteiger partial charge on any atom is -0.497 e. The van der Waals surface area contributed by atoms with Crippen LogP contribution in [-0.2, 0) is 33.6 Å². The third kappa shape index (κ3) is 15.6. The highest BCUT2D eigenvalue weighted by Crippen LogP contribution is 2.34. The maximum absolute atomic E-state index is 14.6. The number of amides is 6. The Labute approximate surface area is 416 Å². The number of anilines is 1. The zero-order valence-electron chi connectivity index (χ0n) is 42.0. The van der Waals surface area contributed by atoms with Crippen LogP contribution in [0, 0.1) is 29.1 Å². The van der Waals surface area contributed by atoms with E-state index in [0.29, 0.717) is 23.4 Å². The van der Waals surface area contributed by atoms with Crippen molar-refractivity contribution in [3.8, 4) is 5.75 Å². The van der Waals surface area contributed by atoms with E-state index in [2.05, 4.69) is 31.2 Å². The molecule has 1 aliphatic carbocycles. The summed E-state index contributed by atoms with van der Waals surface area (Å²) in [5, 5.41) is 11.4. The number of methoxy groups -OCH3 is 1. The molecule has 1 aliphatic heterocycles. The van der Waals surface area contributed by atoms with Gasteiger partial charge in [0.05, 0.1) is 31.3 Å². The molecule has 6 atom stereocenters. The van der Waals surface area contributed by atoms with Gasteiger partial charge in [0.25, 0.3) is 5.91 Å². The number of ketones is 4. The molecule has 3 aromatic rings. The van der Waals surface area contributed by atoms with Crippen molar-refractivity contribution in [1.82, 2.24) is 35.7 Å². The number of aromatic nitrogens is 2. The number of urea groups is 1. The number of benzene rings is 2. The SMILES string of the molecule is CCC[C@H](CC(=O)[C@@H]1CN(C(=O)Nc2ccccc2)CC1NC(=O)[C@@H](CC(=O)[C@@H](NC(=O)c1cnccn1)C1CCCCC1)C(C)(C)C)C(=O)C(=O)CCC(=O)N[C@H](C(=O)N(C)C)c1ccc(OC)cc1. The largest absolute Gasteiger partial charge is 0.497 e. The fourth-order valence-corrected chi connectivity index (χ4v) is 9.35. The molecule has 1 aromatic heterocycles. The van der Waals surface area contributed by atoms with E-state index in [9.17, 15) is 43.2 Å². The molecule has 1 saturated heterocycles. The van der Waals surface area contributed by atoms with Crippen LogP contribution in [0.15, 0.2) is 73.2 Å². The Bertz CT molecular complexity index is 2350. The molecule has 5 rings (SSSR count). The minimum absolute atomic E-state index is 0.0629. The first-order valence-corrected chi connectivity index (χ1v) is 24.6. The first-order chi connectivity index (χ1) is 33.8. The normalized spacial score (nSPS) is 17.6. The van der Waals surface area contributed by atoms with E-state index in [1.165, 1.54) is 35.5 Å². The summed E-state index contributed by atoms with van der Waals surface area (Å²) >= 11 is 0. The molecule has 2 heterocycles. The average molecular weight is 979 g/mol. The molecule has 18 heteroatoms. The Morgan fingerprint density at radius 2 is 1.54 bits per heavy atom. The molecular formula is C53H70N8O10. The van der Waals surface area contributed by atoms with Crippen molar-refractivity contribution < 1.29 is 47.9 Å². The smallest absolute Gasteiger partial charge is 0.321 e. The highest BCUT2D eigenvalue weighted by atomic mass is 16.5. The number of likely N-dealkylation sites (tertiary alicyclic amines) is 1. The topological polar surface area (TPSA) is 243 Å². The van der Waals surface area contributed by atoms with E-state index in [1.807, 2.05) is 27.7 Å². The lowest BCUT2D eigenvalue weighted by Crippen LogP contribution is -2.51. The van der Waals surface area contributed by atoms with Crippen molar-refractivity contribution in [1.29, 1.82) is 0 Å². The molecule has 1 saturated carbocycles. The molecule has 0 bridgehead atoms. The summed E-state index contributed by atoms with van der Waals surface area (Å²) in [6, 6.07) is 11.9. The molecule has 18 nitrogen and oxygen atoms in total. The predicted octanol–water partition coefficient (Wildman–Crippen LogP) is 5.67. The molecule has 2 fully saturated rings.